The van der Waals surface area contributed by atoms with Crippen molar-refractivity contribution < 1.29 is 0 Å². The molecule has 0 radical (unpaired) electrons. The second-order valence-corrected chi connectivity index (χ2v) is 8.68. The fourth-order valence-corrected chi connectivity index (χ4v) is 4.33. The number of rotatable bonds is 8. The highest BCUT2D eigenvalue weighted by molar-refractivity contribution is 14.0. The Hall–Kier alpha value is -1.39. The summed E-state index contributed by atoms with van der Waals surface area (Å²) in [7, 11) is 0. The zero-order chi connectivity index (χ0) is 20.5. The van der Waals surface area contributed by atoms with E-state index in [1.165, 1.54) is 10.6 Å². The molecule has 1 saturated heterocycles. The molecule has 1 fully saturated rings. The van der Waals surface area contributed by atoms with Gasteiger partial charge >= 0.3 is 0 Å². The van der Waals surface area contributed by atoms with Crippen LogP contribution in [0.1, 0.15) is 28.9 Å². The molecule has 6 nitrogen and oxygen atoms in total. The molecule has 166 valence electrons. The number of para-hydroxylation sites is 1. The molecule has 0 unspecified atom stereocenters. The van der Waals surface area contributed by atoms with E-state index < -0.39 is 0 Å². The van der Waals surface area contributed by atoms with Gasteiger partial charge in [-0.3, -0.25) is 4.90 Å². The Labute approximate surface area is 202 Å². The summed E-state index contributed by atoms with van der Waals surface area (Å²) in [6.07, 6.45) is 1.12. The average molecular weight is 543 g/mol. The summed E-state index contributed by atoms with van der Waals surface area (Å²) < 4.78 is 0. The Balaban J connectivity index is 0.00000320. The third kappa shape index (κ3) is 7.70. The minimum atomic E-state index is 0. The standard InChI is InChI=1S/C22H34N6S.HI/c1-4-23-22(25-17-21-26-18(2)19(3)29-21)24-11-8-12-27-13-15-28(16-14-27)20-9-6-5-7-10-20;/h5-7,9-10H,4,8,11-17H2,1-3H3,(H2,23,24,25);1H. The van der Waals surface area contributed by atoms with Gasteiger partial charge in [0.2, 0.25) is 0 Å². The molecule has 30 heavy (non-hydrogen) atoms. The minimum Gasteiger partial charge on any atom is -0.369 e. The van der Waals surface area contributed by atoms with Crippen LogP contribution in [0.4, 0.5) is 5.69 Å². The number of benzene rings is 1. The second-order valence-electron chi connectivity index (χ2n) is 7.39. The van der Waals surface area contributed by atoms with Gasteiger partial charge in [0.05, 0.1) is 12.2 Å². The van der Waals surface area contributed by atoms with Crippen molar-refractivity contribution in [2.75, 3.05) is 50.7 Å². The molecular formula is C22H35IN6S. The lowest BCUT2D eigenvalue weighted by Crippen LogP contribution is -2.47. The molecular weight excluding hydrogens is 507 g/mol. The van der Waals surface area contributed by atoms with Crippen LogP contribution >= 0.6 is 35.3 Å². The molecule has 3 rings (SSSR count). The van der Waals surface area contributed by atoms with Gasteiger partial charge in [0.25, 0.3) is 0 Å². The molecule has 1 aliphatic heterocycles. The monoisotopic (exact) mass is 542 g/mol. The largest absolute Gasteiger partial charge is 0.369 e. The Morgan fingerprint density at radius 2 is 1.83 bits per heavy atom. The number of anilines is 1. The summed E-state index contributed by atoms with van der Waals surface area (Å²) >= 11 is 1.74. The number of hydrogen-bond donors (Lipinski definition) is 2. The molecule has 2 N–H and O–H groups in total. The second kappa shape index (κ2) is 13.1. The first-order valence-corrected chi connectivity index (χ1v) is 11.4. The molecule has 2 heterocycles. The molecule has 1 aromatic heterocycles. The Morgan fingerprint density at radius 3 is 2.47 bits per heavy atom. The van der Waals surface area contributed by atoms with Crippen LogP contribution in [0, 0.1) is 13.8 Å². The maximum atomic E-state index is 4.69. The van der Waals surface area contributed by atoms with Gasteiger partial charge in [-0.1, -0.05) is 18.2 Å². The molecule has 0 aliphatic carbocycles. The maximum absolute atomic E-state index is 4.69. The van der Waals surface area contributed by atoms with E-state index >= 15 is 0 Å². The van der Waals surface area contributed by atoms with Gasteiger partial charge in [0.15, 0.2) is 5.96 Å². The Morgan fingerprint density at radius 1 is 1.10 bits per heavy atom. The first-order chi connectivity index (χ1) is 14.2. The fourth-order valence-electron chi connectivity index (χ4n) is 3.47. The van der Waals surface area contributed by atoms with Gasteiger partial charge < -0.3 is 15.5 Å². The lowest BCUT2D eigenvalue weighted by atomic mass is 10.2. The van der Waals surface area contributed by atoms with Crippen LogP contribution in [-0.4, -0.2) is 61.7 Å². The average Bonchev–Trinajstić information content (AvgIpc) is 3.07. The smallest absolute Gasteiger partial charge is 0.191 e. The number of aliphatic imine (C=N–C) groups is 1. The predicted octanol–water partition coefficient (Wildman–Crippen LogP) is 3.65. The van der Waals surface area contributed by atoms with Crippen molar-refractivity contribution in [3.05, 3.63) is 45.9 Å². The van der Waals surface area contributed by atoms with Gasteiger partial charge in [-0.05, 0) is 45.9 Å². The number of aromatic nitrogens is 1. The number of nitrogens with one attached hydrogen (secondary N) is 2. The summed E-state index contributed by atoms with van der Waals surface area (Å²) in [5.74, 6) is 0.881. The summed E-state index contributed by atoms with van der Waals surface area (Å²) in [6.45, 7) is 14.3. The SMILES string of the molecule is CCNC(=NCc1nc(C)c(C)s1)NCCCN1CCN(c2ccccc2)CC1.I. The van der Waals surface area contributed by atoms with E-state index in [9.17, 15) is 0 Å². The minimum absolute atomic E-state index is 0. The van der Waals surface area contributed by atoms with Crippen molar-refractivity contribution in [1.29, 1.82) is 0 Å². The van der Waals surface area contributed by atoms with Crippen molar-refractivity contribution >= 4 is 47.0 Å². The zero-order valence-corrected chi connectivity index (χ0v) is 21.5. The number of nitrogens with zero attached hydrogens (tertiary/aromatic N) is 4. The van der Waals surface area contributed by atoms with E-state index in [1.54, 1.807) is 11.3 Å². The zero-order valence-electron chi connectivity index (χ0n) is 18.4. The first kappa shape index (κ1) is 24.9. The lowest BCUT2D eigenvalue weighted by molar-refractivity contribution is 0.255. The highest BCUT2D eigenvalue weighted by atomic mass is 127. The van der Waals surface area contributed by atoms with Crippen molar-refractivity contribution in [1.82, 2.24) is 20.5 Å². The highest BCUT2D eigenvalue weighted by Gasteiger charge is 2.16. The van der Waals surface area contributed by atoms with Crippen LogP contribution in [0.2, 0.25) is 0 Å². The highest BCUT2D eigenvalue weighted by Crippen LogP contribution is 2.17. The molecule has 8 heteroatoms. The number of aryl methyl sites for hydroxylation is 2. The summed E-state index contributed by atoms with van der Waals surface area (Å²) in [6, 6.07) is 10.7. The number of halogens is 1. The normalized spacial score (nSPS) is 15.0. The van der Waals surface area contributed by atoms with E-state index in [0.29, 0.717) is 6.54 Å². The molecule has 1 aromatic carbocycles. The van der Waals surface area contributed by atoms with E-state index in [1.807, 2.05) is 0 Å². The van der Waals surface area contributed by atoms with Crippen molar-refractivity contribution in [3.63, 3.8) is 0 Å². The molecule has 1 aliphatic rings. The van der Waals surface area contributed by atoms with Crippen molar-refractivity contribution in [2.24, 2.45) is 4.99 Å². The van der Waals surface area contributed by atoms with Crippen molar-refractivity contribution in [3.8, 4) is 0 Å². The quantitative estimate of drug-likeness (QED) is 0.231. The van der Waals surface area contributed by atoms with E-state index in [0.717, 1.165) is 68.9 Å². The molecule has 0 bridgehead atoms. The summed E-state index contributed by atoms with van der Waals surface area (Å²) in [4.78, 5) is 15.6. The molecule has 2 aromatic rings. The lowest BCUT2D eigenvalue weighted by Gasteiger charge is -2.36. The van der Waals surface area contributed by atoms with Crippen LogP contribution in [0.5, 0.6) is 0 Å². The third-order valence-electron chi connectivity index (χ3n) is 5.23. The van der Waals surface area contributed by atoms with Gasteiger partial charge in [0.1, 0.15) is 5.01 Å². The Kier molecular flexibility index (Phi) is 10.9. The van der Waals surface area contributed by atoms with E-state index in [2.05, 4.69) is 81.5 Å². The number of guanidine groups is 1. The fraction of sp³-hybridized carbons (Fsp3) is 0.545. The van der Waals surface area contributed by atoms with Crippen LogP contribution in [0.3, 0.4) is 0 Å². The van der Waals surface area contributed by atoms with E-state index in [4.69, 9.17) is 0 Å². The van der Waals surface area contributed by atoms with Gasteiger partial charge in [-0.25, -0.2) is 9.98 Å². The molecule has 0 saturated carbocycles. The van der Waals surface area contributed by atoms with Crippen LogP contribution < -0.4 is 15.5 Å². The topological polar surface area (TPSA) is 55.8 Å². The number of thiazole rings is 1. The maximum Gasteiger partial charge on any atom is 0.191 e. The number of hydrogen-bond acceptors (Lipinski definition) is 5. The third-order valence-corrected chi connectivity index (χ3v) is 6.28. The molecule has 0 spiro atoms. The summed E-state index contributed by atoms with van der Waals surface area (Å²) in [5, 5.41) is 7.87. The molecule has 0 atom stereocenters. The summed E-state index contributed by atoms with van der Waals surface area (Å²) in [5.41, 5.74) is 2.46. The molecule has 0 amide bonds. The van der Waals surface area contributed by atoms with Gasteiger partial charge in [-0.2, -0.15) is 0 Å². The van der Waals surface area contributed by atoms with Crippen LogP contribution in [0.15, 0.2) is 35.3 Å². The predicted molar refractivity (Wildman–Crippen MR) is 140 cm³/mol. The van der Waals surface area contributed by atoms with E-state index in [-0.39, 0.29) is 24.0 Å². The van der Waals surface area contributed by atoms with Gasteiger partial charge in [0, 0.05) is 49.8 Å². The van der Waals surface area contributed by atoms with Crippen molar-refractivity contribution in [2.45, 2.75) is 33.7 Å². The van der Waals surface area contributed by atoms with Crippen LogP contribution in [0.25, 0.3) is 0 Å². The first-order valence-electron chi connectivity index (χ1n) is 10.6. The number of piperazine rings is 1. The Bertz CT molecular complexity index is 752. The van der Waals surface area contributed by atoms with Crippen LogP contribution in [-0.2, 0) is 6.54 Å². The van der Waals surface area contributed by atoms with Gasteiger partial charge in [-0.15, -0.1) is 35.3 Å².